The maximum absolute atomic E-state index is 10.7. The van der Waals surface area contributed by atoms with Crippen LogP contribution in [0.2, 0.25) is 0 Å². The van der Waals surface area contributed by atoms with E-state index in [1.807, 2.05) is 0 Å². The smallest absolute Gasteiger partial charge is 0.335 e. The average molecular weight is 184 g/mol. The second-order valence-corrected chi connectivity index (χ2v) is 2.56. The Balaban J connectivity index is 2.58. The highest BCUT2D eigenvalue weighted by molar-refractivity contribution is 5.88. The molecule has 1 heterocycles. The van der Waals surface area contributed by atoms with E-state index in [0.29, 0.717) is 6.54 Å². The molecule has 0 aromatic heterocycles. The molecule has 0 aromatic rings. The summed E-state index contributed by atoms with van der Waals surface area (Å²) >= 11 is 0. The number of nitrogens with one attached hydrogen (secondary N) is 2. The fourth-order valence-electron chi connectivity index (χ4n) is 1.06. The Morgan fingerprint density at radius 2 is 2.46 bits per heavy atom. The van der Waals surface area contributed by atoms with Crippen LogP contribution in [0.5, 0.6) is 0 Å². The van der Waals surface area contributed by atoms with Gasteiger partial charge in [0.25, 0.3) is 0 Å². The molecule has 1 atom stereocenters. The van der Waals surface area contributed by atoms with Gasteiger partial charge in [-0.05, 0) is 18.4 Å². The van der Waals surface area contributed by atoms with Gasteiger partial charge in [-0.2, -0.15) is 0 Å². The molecule has 5 nitrogen and oxygen atoms in total. The number of aliphatic carboxylic acids is 1. The summed E-state index contributed by atoms with van der Waals surface area (Å²) in [5, 5.41) is 23.0. The van der Waals surface area contributed by atoms with Crippen molar-refractivity contribution in [3.05, 3.63) is 23.9 Å². The Morgan fingerprint density at radius 1 is 1.69 bits per heavy atom. The lowest BCUT2D eigenvalue weighted by atomic mass is 10.1. The minimum Gasteiger partial charge on any atom is -0.478 e. The number of carboxylic acids is 1. The summed E-state index contributed by atoms with van der Waals surface area (Å²) in [6, 6.07) is 0. The molecule has 0 saturated carbocycles. The van der Waals surface area contributed by atoms with E-state index in [4.69, 9.17) is 10.2 Å². The second-order valence-electron chi connectivity index (χ2n) is 2.56. The summed E-state index contributed by atoms with van der Waals surface area (Å²) in [4.78, 5) is 10.7. The van der Waals surface area contributed by atoms with Crippen molar-refractivity contribution < 1.29 is 15.0 Å². The predicted octanol–water partition coefficient (Wildman–Crippen LogP) is -0.978. The number of hydrogen-bond acceptors (Lipinski definition) is 4. The molecule has 1 unspecified atom stereocenters. The van der Waals surface area contributed by atoms with Crippen LogP contribution < -0.4 is 10.6 Å². The molecule has 0 amide bonds. The molecule has 1 aliphatic heterocycles. The molecule has 72 valence electrons. The van der Waals surface area contributed by atoms with Gasteiger partial charge >= 0.3 is 5.97 Å². The van der Waals surface area contributed by atoms with Gasteiger partial charge in [0.2, 0.25) is 0 Å². The Bertz CT molecular complexity index is 248. The number of aliphatic hydroxyl groups excluding tert-OH is 1. The monoisotopic (exact) mass is 184 g/mol. The van der Waals surface area contributed by atoms with Crippen LogP contribution in [0.3, 0.4) is 0 Å². The van der Waals surface area contributed by atoms with Crippen molar-refractivity contribution in [2.75, 3.05) is 13.2 Å². The molecule has 0 aliphatic carbocycles. The van der Waals surface area contributed by atoms with Crippen LogP contribution in [0.4, 0.5) is 0 Å². The molecular formula is C8H12N2O3. The van der Waals surface area contributed by atoms with Gasteiger partial charge in [0.15, 0.2) is 0 Å². The van der Waals surface area contributed by atoms with Crippen molar-refractivity contribution in [2.45, 2.75) is 6.17 Å². The first kappa shape index (κ1) is 9.76. The number of dihydropyridines is 1. The molecular weight excluding hydrogens is 172 g/mol. The van der Waals surface area contributed by atoms with Crippen molar-refractivity contribution in [3.8, 4) is 0 Å². The molecule has 0 spiro atoms. The van der Waals surface area contributed by atoms with Gasteiger partial charge in [0.05, 0.1) is 12.2 Å². The van der Waals surface area contributed by atoms with Gasteiger partial charge in [-0.3, -0.25) is 5.32 Å². The van der Waals surface area contributed by atoms with E-state index in [-0.39, 0.29) is 12.2 Å². The Morgan fingerprint density at radius 3 is 3.08 bits per heavy atom. The lowest BCUT2D eigenvalue weighted by molar-refractivity contribution is -0.133. The van der Waals surface area contributed by atoms with Crippen LogP contribution in [0.15, 0.2) is 23.9 Å². The topological polar surface area (TPSA) is 81.6 Å². The number of carbonyl (C=O) groups is 1. The number of rotatable bonds is 4. The highest BCUT2D eigenvalue weighted by Crippen LogP contribution is 2.04. The first-order valence-corrected chi connectivity index (χ1v) is 3.96. The number of carboxylic acid groups (broad SMARTS) is 1. The van der Waals surface area contributed by atoms with Gasteiger partial charge in [-0.15, -0.1) is 0 Å². The normalized spacial score (nSPS) is 20.7. The third-order valence-electron chi connectivity index (χ3n) is 1.65. The fourth-order valence-corrected chi connectivity index (χ4v) is 1.06. The molecule has 13 heavy (non-hydrogen) atoms. The van der Waals surface area contributed by atoms with E-state index in [0.717, 1.165) is 0 Å². The number of aliphatic hydroxyl groups is 1. The maximum atomic E-state index is 10.7. The second kappa shape index (κ2) is 4.64. The van der Waals surface area contributed by atoms with Crippen molar-refractivity contribution in [2.24, 2.45) is 0 Å². The van der Waals surface area contributed by atoms with E-state index in [9.17, 15) is 4.79 Å². The third-order valence-corrected chi connectivity index (χ3v) is 1.65. The average Bonchev–Trinajstić information content (AvgIpc) is 2.15. The molecule has 0 aromatic carbocycles. The zero-order valence-corrected chi connectivity index (χ0v) is 7.03. The Labute approximate surface area is 75.8 Å². The van der Waals surface area contributed by atoms with Gasteiger partial charge in [-0.1, -0.05) is 0 Å². The summed E-state index contributed by atoms with van der Waals surface area (Å²) in [5.74, 6) is -0.965. The summed E-state index contributed by atoms with van der Waals surface area (Å²) < 4.78 is 0. The van der Waals surface area contributed by atoms with Crippen LogP contribution in [0.1, 0.15) is 0 Å². The molecule has 5 heteroatoms. The highest BCUT2D eigenvalue weighted by Gasteiger charge is 2.19. The number of hydrogen-bond donors (Lipinski definition) is 4. The molecule has 0 bridgehead atoms. The van der Waals surface area contributed by atoms with E-state index in [1.165, 1.54) is 6.08 Å². The predicted molar refractivity (Wildman–Crippen MR) is 46.9 cm³/mol. The van der Waals surface area contributed by atoms with Gasteiger partial charge < -0.3 is 15.5 Å². The quantitative estimate of drug-likeness (QED) is 0.451. The molecule has 4 N–H and O–H groups in total. The van der Waals surface area contributed by atoms with Crippen molar-refractivity contribution in [1.82, 2.24) is 10.6 Å². The zero-order chi connectivity index (χ0) is 9.68. The minimum absolute atomic E-state index is 0.0191. The molecule has 0 saturated heterocycles. The van der Waals surface area contributed by atoms with Crippen molar-refractivity contribution >= 4 is 5.97 Å². The van der Waals surface area contributed by atoms with Crippen LogP contribution >= 0.6 is 0 Å². The van der Waals surface area contributed by atoms with Crippen molar-refractivity contribution in [1.29, 1.82) is 0 Å². The van der Waals surface area contributed by atoms with E-state index in [2.05, 4.69) is 10.6 Å². The van der Waals surface area contributed by atoms with E-state index >= 15 is 0 Å². The largest absolute Gasteiger partial charge is 0.478 e. The van der Waals surface area contributed by atoms with E-state index < -0.39 is 12.1 Å². The standard InChI is InChI=1S/C8H12N2O3/c11-5-4-10-7-6(8(12)13)2-1-3-9-7/h1-3,7,9-11H,4-5H2,(H,12,13). The molecule has 1 aliphatic rings. The Kier molecular flexibility index (Phi) is 3.48. The van der Waals surface area contributed by atoms with Crippen LogP contribution in [0, 0.1) is 0 Å². The summed E-state index contributed by atoms with van der Waals surface area (Å²) in [5.41, 5.74) is 0.246. The third kappa shape index (κ3) is 2.57. The molecule has 0 fully saturated rings. The summed E-state index contributed by atoms with van der Waals surface area (Å²) in [7, 11) is 0. The maximum Gasteiger partial charge on any atom is 0.335 e. The SMILES string of the molecule is O=C(O)C1=CC=CNC1NCCO. The minimum atomic E-state index is -0.965. The zero-order valence-electron chi connectivity index (χ0n) is 7.03. The number of allylic oxidation sites excluding steroid dienone is 2. The van der Waals surface area contributed by atoms with Crippen LogP contribution in [-0.4, -0.2) is 35.5 Å². The molecule has 0 radical (unpaired) electrons. The van der Waals surface area contributed by atoms with Crippen molar-refractivity contribution in [3.63, 3.8) is 0 Å². The summed E-state index contributed by atoms with van der Waals surface area (Å²) in [6.07, 6.45) is 4.38. The van der Waals surface area contributed by atoms with Gasteiger partial charge in [-0.25, -0.2) is 4.79 Å². The first-order valence-electron chi connectivity index (χ1n) is 3.96. The van der Waals surface area contributed by atoms with Crippen LogP contribution in [0.25, 0.3) is 0 Å². The van der Waals surface area contributed by atoms with Gasteiger partial charge in [0.1, 0.15) is 6.17 Å². The molecule has 1 rings (SSSR count). The summed E-state index contributed by atoms with van der Waals surface area (Å²) in [6.45, 7) is 0.338. The van der Waals surface area contributed by atoms with E-state index in [1.54, 1.807) is 12.3 Å². The fraction of sp³-hybridized carbons (Fsp3) is 0.375. The Hall–Kier alpha value is -1.33. The lowest BCUT2D eigenvalue weighted by Crippen LogP contribution is -2.45. The van der Waals surface area contributed by atoms with Gasteiger partial charge in [0, 0.05) is 6.54 Å². The first-order chi connectivity index (χ1) is 6.25. The van der Waals surface area contributed by atoms with Crippen LogP contribution in [-0.2, 0) is 4.79 Å². The lowest BCUT2D eigenvalue weighted by Gasteiger charge is -2.21. The highest BCUT2D eigenvalue weighted by atomic mass is 16.4.